The van der Waals surface area contributed by atoms with Crippen molar-refractivity contribution in [2.45, 2.75) is 6.92 Å². The molecule has 0 bridgehead atoms. The number of benzene rings is 1. The Kier molecular flexibility index (Phi) is 2.60. The Hall–Kier alpha value is -1.91. The highest BCUT2D eigenvalue weighted by Crippen LogP contribution is 2.16. The third kappa shape index (κ3) is 1.64. The number of carbonyl (C=O) groups excluding carboxylic acids is 1. The molecule has 0 aliphatic carbocycles. The standard InChI is InChI=1S/C11H11FN2O2/c1-3-16-11(15)10-13-8-6-7(12)4-5-9(8)14(10)2/h4-6H,3H2,1-2H3. The number of hydrogen-bond donors (Lipinski definition) is 0. The number of ether oxygens (including phenoxy) is 1. The summed E-state index contributed by atoms with van der Waals surface area (Å²) < 4.78 is 19.4. The smallest absolute Gasteiger partial charge is 0.374 e. The molecule has 0 fully saturated rings. The average Bonchev–Trinajstić information content (AvgIpc) is 2.56. The Labute approximate surface area is 91.7 Å². The van der Waals surface area contributed by atoms with Crippen LogP contribution >= 0.6 is 0 Å². The SMILES string of the molecule is CCOC(=O)c1nc2cc(F)ccc2n1C. The molecule has 0 aliphatic heterocycles. The quantitative estimate of drug-likeness (QED) is 0.729. The summed E-state index contributed by atoms with van der Waals surface area (Å²) >= 11 is 0. The highest BCUT2D eigenvalue weighted by atomic mass is 19.1. The molecule has 16 heavy (non-hydrogen) atoms. The zero-order valence-electron chi connectivity index (χ0n) is 9.03. The minimum absolute atomic E-state index is 0.183. The van der Waals surface area contributed by atoms with Crippen LogP contribution in [0.15, 0.2) is 18.2 Å². The van der Waals surface area contributed by atoms with E-state index in [1.54, 1.807) is 24.6 Å². The number of rotatable bonds is 2. The number of carbonyl (C=O) groups is 1. The molecule has 1 aromatic heterocycles. The lowest BCUT2D eigenvalue weighted by molar-refractivity contribution is 0.0508. The first kappa shape index (κ1) is 10.6. The molecule has 1 heterocycles. The van der Waals surface area contributed by atoms with Gasteiger partial charge in [0.25, 0.3) is 0 Å². The van der Waals surface area contributed by atoms with Gasteiger partial charge in [0.15, 0.2) is 0 Å². The molecule has 2 aromatic rings. The van der Waals surface area contributed by atoms with Gasteiger partial charge in [-0.2, -0.15) is 0 Å². The number of nitrogens with zero attached hydrogens (tertiary/aromatic N) is 2. The molecule has 84 valence electrons. The van der Waals surface area contributed by atoms with Gasteiger partial charge in [0, 0.05) is 13.1 Å². The van der Waals surface area contributed by atoms with E-state index in [0.29, 0.717) is 11.0 Å². The number of hydrogen-bond acceptors (Lipinski definition) is 3. The summed E-state index contributed by atoms with van der Waals surface area (Å²) in [6.45, 7) is 2.01. The van der Waals surface area contributed by atoms with Gasteiger partial charge < -0.3 is 9.30 Å². The number of aromatic nitrogens is 2. The largest absolute Gasteiger partial charge is 0.460 e. The van der Waals surface area contributed by atoms with Gasteiger partial charge in [-0.05, 0) is 19.1 Å². The van der Waals surface area contributed by atoms with Crippen LogP contribution in [-0.4, -0.2) is 22.1 Å². The van der Waals surface area contributed by atoms with E-state index < -0.39 is 5.97 Å². The number of halogens is 1. The van der Waals surface area contributed by atoms with Crippen LogP contribution in [0, 0.1) is 5.82 Å². The van der Waals surface area contributed by atoms with Crippen LogP contribution < -0.4 is 0 Å². The zero-order valence-corrected chi connectivity index (χ0v) is 9.03. The van der Waals surface area contributed by atoms with Crippen molar-refractivity contribution in [2.75, 3.05) is 6.61 Å². The fraction of sp³-hybridized carbons (Fsp3) is 0.273. The first-order chi connectivity index (χ1) is 7.63. The van der Waals surface area contributed by atoms with Crippen molar-refractivity contribution < 1.29 is 13.9 Å². The van der Waals surface area contributed by atoms with Crippen LogP contribution in [0.1, 0.15) is 17.5 Å². The molecule has 0 saturated carbocycles. The monoisotopic (exact) mass is 222 g/mol. The molecule has 0 unspecified atom stereocenters. The second-order valence-electron chi connectivity index (χ2n) is 3.35. The van der Waals surface area contributed by atoms with Crippen LogP contribution in [-0.2, 0) is 11.8 Å². The van der Waals surface area contributed by atoms with E-state index in [9.17, 15) is 9.18 Å². The lowest BCUT2D eigenvalue weighted by Crippen LogP contribution is -2.11. The van der Waals surface area contributed by atoms with Crippen molar-refractivity contribution in [3.8, 4) is 0 Å². The van der Waals surface area contributed by atoms with E-state index in [0.717, 1.165) is 0 Å². The van der Waals surface area contributed by atoms with Crippen LogP contribution in [0.25, 0.3) is 11.0 Å². The molecule has 0 spiro atoms. The Morgan fingerprint density at radius 2 is 2.31 bits per heavy atom. The first-order valence-electron chi connectivity index (χ1n) is 4.92. The predicted octanol–water partition coefficient (Wildman–Crippen LogP) is 1.89. The van der Waals surface area contributed by atoms with Gasteiger partial charge in [0.2, 0.25) is 5.82 Å². The minimum Gasteiger partial charge on any atom is -0.460 e. The number of fused-ring (bicyclic) bond motifs is 1. The van der Waals surface area contributed by atoms with E-state index in [1.807, 2.05) is 0 Å². The number of esters is 1. The van der Waals surface area contributed by atoms with Crippen molar-refractivity contribution in [1.82, 2.24) is 9.55 Å². The molecule has 0 atom stereocenters. The number of aryl methyl sites for hydroxylation is 1. The summed E-state index contributed by atoms with van der Waals surface area (Å²) in [4.78, 5) is 15.6. The van der Waals surface area contributed by atoms with Crippen molar-refractivity contribution in [3.05, 3.63) is 29.8 Å². The summed E-state index contributed by atoms with van der Waals surface area (Å²) in [5.74, 6) is -0.690. The maximum absolute atomic E-state index is 13.0. The van der Waals surface area contributed by atoms with E-state index in [1.165, 1.54) is 12.1 Å². The van der Waals surface area contributed by atoms with E-state index in [4.69, 9.17) is 4.74 Å². The van der Waals surface area contributed by atoms with Gasteiger partial charge in [-0.3, -0.25) is 0 Å². The fourth-order valence-corrected chi connectivity index (χ4v) is 1.55. The summed E-state index contributed by atoms with van der Waals surface area (Å²) in [6, 6.07) is 4.21. The highest BCUT2D eigenvalue weighted by molar-refractivity contribution is 5.91. The minimum atomic E-state index is -0.499. The highest BCUT2D eigenvalue weighted by Gasteiger charge is 2.16. The predicted molar refractivity (Wildman–Crippen MR) is 56.6 cm³/mol. The topological polar surface area (TPSA) is 44.1 Å². The molecule has 0 saturated heterocycles. The molecule has 0 aliphatic rings. The third-order valence-corrected chi connectivity index (χ3v) is 2.30. The van der Waals surface area contributed by atoms with Gasteiger partial charge >= 0.3 is 5.97 Å². The molecule has 0 radical (unpaired) electrons. The van der Waals surface area contributed by atoms with Crippen molar-refractivity contribution in [2.24, 2.45) is 7.05 Å². The van der Waals surface area contributed by atoms with Gasteiger partial charge in [-0.15, -0.1) is 0 Å². The average molecular weight is 222 g/mol. The Bertz CT molecular complexity index is 548. The summed E-state index contributed by atoms with van der Waals surface area (Å²) in [5.41, 5.74) is 1.15. The normalized spacial score (nSPS) is 10.7. The maximum atomic E-state index is 13.0. The number of imidazole rings is 1. The Morgan fingerprint density at radius 1 is 1.56 bits per heavy atom. The van der Waals surface area contributed by atoms with Crippen molar-refractivity contribution in [1.29, 1.82) is 0 Å². The van der Waals surface area contributed by atoms with Gasteiger partial charge in [-0.25, -0.2) is 14.2 Å². The zero-order chi connectivity index (χ0) is 11.7. The van der Waals surface area contributed by atoms with E-state index in [2.05, 4.69) is 4.98 Å². The Balaban J connectivity index is 2.55. The first-order valence-corrected chi connectivity index (χ1v) is 4.92. The molecule has 1 aromatic carbocycles. The van der Waals surface area contributed by atoms with Crippen LogP contribution in [0.2, 0.25) is 0 Å². The summed E-state index contributed by atoms with van der Waals surface area (Å²) in [5, 5.41) is 0. The second kappa shape index (κ2) is 3.92. The summed E-state index contributed by atoms with van der Waals surface area (Å²) in [7, 11) is 1.69. The fourth-order valence-electron chi connectivity index (χ4n) is 1.55. The molecule has 0 amide bonds. The van der Waals surface area contributed by atoms with Crippen molar-refractivity contribution in [3.63, 3.8) is 0 Å². The van der Waals surface area contributed by atoms with Crippen molar-refractivity contribution >= 4 is 17.0 Å². The molecule has 2 rings (SSSR count). The molecular formula is C11H11FN2O2. The van der Waals surface area contributed by atoms with Crippen LogP contribution in [0.5, 0.6) is 0 Å². The molecule has 4 nitrogen and oxygen atoms in total. The lowest BCUT2D eigenvalue weighted by Gasteiger charge is -2.01. The van der Waals surface area contributed by atoms with Gasteiger partial charge in [-0.1, -0.05) is 0 Å². The molecule has 5 heteroatoms. The van der Waals surface area contributed by atoms with E-state index in [-0.39, 0.29) is 18.2 Å². The van der Waals surface area contributed by atoms with Crippen LogP contribution in [0.3, 0.4) is 0 Å². The maximum Gasteiger partial charge on any atom is 0.374 e. The van der Waals surface area contributed by atoms with E-state index >= 15 is 0 Å². The van der Waals surface area contributed by atoms with Crippen LogP contribution in [0.4, 0.5) is 4.39 Å². The second-order valence-corrected chi connectivity index (χ2v) is 3.35. The molecular weight excluding hydrogens is 211 g/mol. The summed E-state index contributed by atoms with van der Waals surface area (Å²) in [6.07, 6.45) is 0. The van der Waals surface area contributed by atoms with Gasteiger partial charge in [0.1, 0.15) is 5.82 Å². The Morgan fingerprint density at radius 3 is 3.00 bits per heavy atom. The molecule has 0 N–H and O–H groups in total. The van der Waals surface area contributed by atoms with Gasteiger partial charge in [0.05, 0.1) is 17.6 Å². The third-order valence-electron chi connectivity index (χ3n) is 2.30. The lowest BCUT2D eigenvalue weighted by atomic mass is 10.3.